The number of benzene rings is 1. The van der Waals surface area contributed by atoms with Gasteiger partial charge in [-0.2, -0.15) is 0 Å². The number of rotatable bonds is 3. The van der Waals surface area contributed by atoms with Gasteiger partial charge in [0.15, 0.2) is 0 Å². The van der Waals surface area contributed by atoms with Crippen LogP contribution in [0.4, 0.5) is 0 Å². The molecule has 0 bridgehead atoms. The molecule has 0 aromatic heterocycles. The van der Waals surface area contributed by atoms with E-state index >= 15 is 0 Å². The third kappa shape index (κ3) is 2.99. The summed E-state index contributed by atoms with van der Waals surface area (Å²) in [4.78, 5) is 0.883. The lowest BCUT2D eigenvalue weighted by atomic mass is 10.1. The van der Waals surface area contributed by atoms with Crippen molar-refractivity contribution < 1.29 is 8.95 Å². The lowest BCUT2D eigenvalue weighted by molar-refractivity contribution is 0.0184. The molecule has 0 radical (unpaired) electrons. The first kappa shape index (κ1) is 13.7. The van der Waals surface area contributed by atoms with Crippen LogP contribution in [0.2, 0.25) is 0 Å². The Balaban J connectivity index is 2.18. The van der Waals surface area contributed by atoms with E-state index in [9.17, 15) is 4.21 Å². The van der Waals surface area contributed by atoms with Crippen molar-refractivity contribution in [1.82, 2.24) is 4.31 Å². The molecule has 1 aromatic rings. The van der Waals surface area contributed by atoms with E-state index in [4.69, 9.17) is 4.74 Å². The summed E-state index contributed by atoms with van der Waals surface area (Å²) in [6.07, 6.45) is 0. The maximum Gasteiger partial charge on any atom is 0.128 e. The van der Waals surface area contributed by atoms with Crippen LogP contribution in [0.5, 0.6) is 0 Å². The van der Waals surface area contributed by atoms with Crippen LogP contribution < -0.4 is 0 Å². The second-order valence-corrected chi connectivity index (χ2v) is 6.53. The van der Waals surface area contributed by atoms with Crippen molar-refractivity contribution in [1.29, 1.82) is 0 Å². The van der Waals surface area contributed by atoms with E-state index < -0.39 is 11.0 Å². The van der Waals surface area contributed by atoms with Crippen LogP contribution in [-0.4, -0.2) is 34.3 Å². The van der Waals surface area contributed by atoms with Crippen LogP contribution >= 0.6 is 0 Å². The largest absolute Gasteiger partial charge is 0.378 e. The summed E-state index contributed by atoms with van der Waals surface area (Å²) < 4.78 is 20.2. The quantitative estimate of drug-likeness (QED) is 0.841. The van der Waals surface area contributed by atoms with Gasteiger partial charge in [0.05, 0.1) is 18.1 Å². The van der Waals surface area contributed by atoms with Crippen LogP contribution in [0.25, 0.3) is 0 Å². The first-order valence-corrected chi connectivity index (χ1v) is 7.53. The molecule has 18 heavy (non-hydrogen) atoms. The molecule has 1 aliphatic heterocycles. The van der Waals surface area contributed by atoms with Crippen molar-refractivity contribution >= 4 is 11.0 Å². The number of aryl methyl sites for hydroxylation is 1. The summed E-state index contributed by atoms with van der Waals surface area (Å²) in [6.45, 7) is 8.43. The van der Waals surface area contributed by atoms with Crippen LogP contribution in [0.1, 0.15) is 19.4 Å². The van der Waals surface area contributed by atoms with Gasteiger partial charge in [0, 0.05) is 12.6 Å². The highest BCUT2D eigenvalue weighted by Gasteiger charge is 2.30. The summed E-state index contributed by atoms with van der Waals surface area (Å²) in [7, 11) is -1.08. The van der Waals surface area contributed by atoms with Crippen LogP contribution in [0.3, 0.4) is 0 Å². The van der Waals surface area contributed by atoms with E-state index in [0.717, 1.165) is 11.4 Å². The molecule has 2 atom stereocenters. The van der Waals surface area contributed by atoms with Gasteiger partial charge >= 0.3 is 0 Å². The summed E-state index contributed by atoms with van der Waals surface area (Å²) in [5.74, 6) is 0.444. The minimum atomic E-state index is -1.08. The number of hydrogen-bond donors (Lipinski definition) is 0. The summed E-state index contributed by atoms with van der Waals surface area (Å²) in [6, 6.07) is 8.17. The van der Waals surface area contributed by atoms with E-state index in [-0.39, 0.29) is 6.04 Å². The average molecular weight is 267 g/mol. The van der Waals surface area contributed by atoms with Gasteiger partial charge in [-0.15, -0.1) is 0 Å². The lowest BCUT2D eigenvalue weighted by Crippen LogP contribution is -2.48. The monoisotopic (exact) mass is 267 g/mol. The minimum absolute atomic E-state index is 0.237. The molecule has 0 aliphatic carbocycles. The van der Waals surface area contributed by atoms with Crippen molar-refractivity contribution in [3.63, 3.8) is 0 Å². The predicted octanol–water partition coefficient (Wildman–Crippen LogP) is 2.37. The van der Waals surface area contributed by atoms with Crippen molar-refractivity contribution in [2.24, 2.45) is 5.92 Å². The van der Waals surface area contributed by atoms with Crippen LogP contribution in [0, 0.1) is 12.8 Å². The van der Waals surface area contributed by atoms with Gasteiger partial charge in [0.2, 0.25) is 0 Å². The molecule has 2 rings (SSSR count). The SMILES string of the molecule is Cc1ccc(S(=O)N2CCOC[C@@H]2C(C)C)cc1. The van der Waals surface area contributed by atoms with Gasteiger partial charge in [-0.3, -0.25) is 0 Å². The first-order chi connectivity index (χ1) is 8.59. The van der Waals surface area contributed by atoms with Gasteiger partial charge in [-0.05, 0) is 25.0 Å². The molecule has 0 saturated carbocycles. The minimum Gasteiger partial charge on any atom is -0.378 e. The molecule has 4 heteroatoms. The van der Waals surface area contributed by atoms with E-state index in [1.807, 2.05) is 31.2 Å². The highest BCUT2D eigenvalue weighted by Crippen LogP contribution is 2.21. The molecule has 1 fully saturated rings. The zero-order chi connectivity index (χ0) is 13.1. The molecule has 1 unspecified atom stereocenters. The maximum absolute atomic E-state index is 12.6. The molecule has 1 aliphatic rings. The Morgan fingerprint density at radius 2 is 2.00 bits per heavy atom. The second kappa shape index (κ2) is 5.95. The number of hydrogen-bond acceptors (Lipinski definition) is 2. The molecule has 1 saturated heterocycles. The van der Waals surface area contributed by atoms with Gasteiger partial charge in [0.1, 0.15) is 11.0 Å². The van der Waals surface area contributed by atoms with Crippen molar-refractivity contribution in [3.05, 3.63) is 29.8 Å². The molecule has 1 heterocycles. The molecule has 100 valence electrons. The molecule has 0 amide bonds. The third-order valence-corrected chi connectivity index (χ3v) is 4.87. The zero-order valence-corrected chi connectivity index (χ0v) is 12.1. The van der Waals surface area contributed by atoms with Gasteiger partial charge in [0.25, 0.3) is 0 Å². The Morgan fingerprint density at radius 1 is 1.33 bits per heavy atom. The average Bonchev–Trinajstić information content (AvgIpc) is 2.39. The number of morpholine rings is 1. The molecular weight excluding hydrogens is 246 g/mol. The second-order valence-electron chi connectivity index (χ2n) is 5.09. The fourth-order valence-corrected chi connectivity index (χ4v) is 3.56. The normalized spacial score (nSPS) is 23.2. The van der Waals surface area contributed by atoms with Crippen molar-refractivity contribution in [2.75, 3.05) is 19.8 Å². The summed E-state index contributed by atoms with van der Waals surface area (Å²) in [5, 5.41) is 0. The van der Waals surface area contributed by atoms with Gasteiger partial charge in [-0.25, -0.2) is 8.51 Å². The Bertz CT molecular complexity index is 416. The van der Waals surface area contributed by atoms with Crippen LogP contribution in [0.15, 0.2) is 29.2 Å². The van der Waals surface area contributed by atoms with Gasteiger partial charge < -0.3 is 4.74 Å². The van der Waals surface area contributed by atoms with E-state index in [0.29, 0.717) is 19.1 Å². The molecule has 3 nitrogen and oxygen atoms in total. The van der Waals surface area contributed by atoms with E-state index in [2.05, 4.69) is 18.2 Å². The fourth-order valence-electron chi connectivity index (χ4n) is 2.13. The molecular formula is C14H21NO2S. The third-order valence-electron chi connectivity index (χ3n) is 3.32. The predicted molar refractivity (Wildman–Crippen MR) is 73.7 cm³/mol. The van der Waals surface area contributed by atoms with E-state index in [1.54, 1.807) is 0 Å². The summed E-state index contributed by atoms with van der Waals surface area (Å²) >= 11 is 0. The van der Waals surface area contributed by atoms with Gasteiger partial charge in [-0.1, -0.05) is 31.5 Å². The smallest absolute Gasteiger partial charge is 0.128 e. The number of nitrogens with zero attached hydrogens (tertiary/aromatic N) is 1. The highest BCUT2D eigenvalue weighted by atomic mass is 32.2. The lowest BCUT2D eigenvalue weighted by Gasteiger charge is -2.36. The fraction of sp³-hybridized carbons (Fsp3) is 0.571. The zero-order valence-electron chi connectivity index (χ0n) is 11.3. The standard InChI is InChI=1S/C14H21NO2S/c1-11(2)14-10-17-9-8-15(14)18(16)13-6-4-12(3)5-7-13/h4-7,11,14H,8-10H2,1-3H3/t14-,18?/m1/s1. The molecule has 0 spiro atoms. The molecule has 1 aromatic carbocycles. The Hall–Kier alpha value is -0.710. The topological polar surface area (TPSA) is 29.5 Å². The maximum atomic E-state index is 12.6. The van der Waals surface area contributed by atoms with E-state index in [1.165, 1.54) is 5.56 Å². The number of ether oxygens (including phenoxy) is 1. The summed E-state index contributed by atoms with van der Waals surface area (Å²) in [5.41, 5.74) is 1.19. The van der Waals surface area contributed by atoms with Crippen molar-refractivity contribution in [3.8, 4) is 0 Å². The van der Waals surface area contributed by atoms with Crippen molar-refractivity contribution in [2.45, 2.75) is 31.7 Å². The molecule has 0 N–H and O–H groups in total. The Kier molecular flexibility index (Phi) is 4.54. The first-order valence-electron chi connectivity index (χ1n) is 6.42. The highest BCUT2D eigenvalue weighted by molar-refractivity contribution is 7.82. The van der Waals surface area contributed by atoms with Crippen LogP contribution in [-0.2, 0) is 15.7 Å². The Morgan fingerprint density at radius 3 is 2.61 bits per heavy atom. The Labute approximate surface area is 112 Å².